The lowest BCUT2D eigenvalue weighted by atomic mass is 9.95. The number of amides is 2. The fourth-order valence-corrected chi connectivity index (χ4v) is 3.81. The minimum Gasteiger partial charge on any atom is -0.497 e. The number of benzene rings is 2. The van der Waals surface area contributed by atoms with Crippen LogP contribution in [0.5, 0.6) is 5.75 Å². The number of rotatable bonds is 5. The average Bonchev–Trinajstić information content (AvgIpc) is 2.82. The Bertz CT molecular complexity index is 1040. The second-order valence-corrected chi connectivity index (χ2v) is 7.54. The first-order valence-electron chi connectivity index (χ1n) is 10.2. The number of carbonyl (C=O) groups excluding carboxylic acids is 2. The number of fused-ring (bicyclic) bond motifs is 1. The fraction of sp³-hybridized carbons (Fsp3) is 0.292. The molecule has 0 aliphatic carbocycles. The highest BCUT2D eigenvalue weighted by molar-refractivity contribution is 5.98. The van der Waals surface area contributed by atoms with Crippen LogP contribution in [0.3, 0.4) is 0 Å². The number of methoxy groups -OCH3 is 1. The van der Waals surface area contributed by atoms with E-state index in [-0.39, 0.29) is 17.7 Å². The predicted molar refractivity (Wildman–Crippen MR) is 115 cm³/mol. The third-order valence-corrected chi connectivity index (χ3v) is 5.63. The Balaban J connectivity index is 1.30. The molecule has 0 spiro atoms. The lowest BCUT2D eigenvalue weighted by molar-refractivity contribution is -0.126. The number of piperidine rings is 1. The number of nitrogens with one attached hydrogen (secondary N) is 1. The summed E-state index contributed by atoms with van der Waals surface area (Å²) in [6, 6.07) is 17.1. The molecule has 2 amide bonds. The standard InChI is InChI=1S/C24H25N3O3/c1-30-21-7-4-17(5-8-21)16-26-23(28)18-10-13-27(14-11-18)24(29)20-6-9-22-19(15-20)3-2-12-25-22/h2-9,12,15,18H,10-11,13-14,16H2,1H3,(H,26,28). The van der Waals surface area contributed by atoms with Crippen LogP contribution in [0.15, 0.2) is 60.8 Å². The molecule has 1 saturated heterocycles. The minimum absolute atomic E-state index is 0.0119. The first-order valence-corrected chi connectivity index (χ1v) is 10.2. The van der Waals surface area contributed by atoms with Crippen molar-refractivity contribution in [1.82, 2.24) is 15.2 Å². The third-order valence-electron chi connectivity index (χ3n) is 5.63. The number of aromatic nitrogens is 1. The zero-order chi connectivity index (χ0) is 20.9. The van der Waals surface area contributed by atoms with E-state index in [0.717, 1.165) is 22.2 Å². The van der Waals surface area contributed by atoms with Crippen LogP contribution in [0.1, 0.15) is 28.8 Å². The monoisotopic (exact) mass is 403 g/mol. The smallest absolute Gasteiger partial charge is 0.253 e. The van der Waals surface area contributed by atoms with Crippen LogP contribution in [0, 0.1) is 5.92 Å². The summed E-state index contributed by atoms with van der Waals surface area (Å²) < 4.78 is 5.15. The summed E-state index contributed by atoms with van der Waals surface area (Å²) in [6.07, 6.45) is 3.10. The highest BCUT2D eigenvalue weighted by Gasteiger charge is 2.27. The van der Waals surface area contributed by atoms with Gasteiger partial charge in [0.1, 0.15) is 5.75 Å². The van der Waals surface area contributed by atoms with Crippen molar-refractivity contribution in [2.45, 2.75) is 19.4 Å². The Morgan fingerprint density at radius 3 is 2.60 bits per heavy atom. The van der Waals surface area contributed by atoms with Crippen molar-refractivity contribution in [2.75, 3.05) is 20.2 Å². The quantitative estimate of drug-likeness (QED) is 0.709. The molecule has 1 aromatic heterocycles. The van der Waals surface area contributed by atoms with Crippen molar-refractivity contribution in [3.8, 4) is 5.75 Å². The third kappa shape index (κ3) is 4.43. The molecule has 0 radical (unpaired) electrons. The van der Waals surface area contributed by atoms with Crippen LogP contribution in [-0.2, 0) is 11.3 Å². The Morgan fingerprint density at radius 1 is 1.10 bits per heavy atom. The van der Waals surface area contributed by atoms with Crippen LogP contribution in [0.25, 0.3) is 10.9 Å². The fourth-order valence-electron chi connectivity index (χ4n) is 3.81. The molecule has 1 fully saturated rings. The number of pyridine rings is 1. The van der Waals surface area contributed by atoms with Crippen molar-refractivity contribution in [3.63, 3.8) is 0 Å². The van der Waals surface area contributed by atoms with E-state index < -0.39 is 0 Å². The Labute approximate surface area is 175 Å². The number of ether oxygens (including phenoxy) is 1. The van der Waals surface area contributed by atoms with Crippen LogP contribution >= 0.6 is 0 Å². The van der Waals surface area contributed by atoms with Gasteiger partial charge in [-0.05, 0) is 54.8 Å². The SMILES string of the molecule is COc1ccc(CNC(=O)C2CCN(C(=O)c3ccc4ncccc4c3)CC2)cc1. The molecule has 0 saturated carbocycles. The summed E-state index contributed by atoms with van der Waals surface area (Å²) in [7, 11) is 1.63. The summed E-state index contributed by atoms with van der Waals surface area (Å²) in [6.45, 7) is 1.67. The van der Waals surface area contributed by atoms with Gasteiger partial charge in [0, 0.05) is 42.7 Å². The van der Waals surface area contributed by atoms with Crippen LogP contribution < -0.4 is 10.1 Å². The Morgan fingerprint density at radius 2 is 1.87 bits per heavy atom. The summed E-state index contributed by atoms with van der Waals surface area (Å²) >= 11 is 0. The second-order valence-electron chi connectivity index (χ2n) is 7.54. The molecule has 1 N–H and O–H groups in total. The maximum Gasteiger partial charge on any atom is 0.253 e. The molecule has 6 heteroatoms. The molecule has 2 aromatic carbocycles. The van der Waals surface area contributed by atoms with Crippen molar-refractivity contribution < 1.29 is 14.3 Å². The predicted octanol–water partition coefficient (Wildman–Crippen LogP) is 3.41. The first-order chi connectivity index (χ1) is 14.6. The van der Waals surface area contributed by atoms with Crippen LogP contribution in [-0.4, -0.2) is 41.9 Å². The van der Waals surface area contributed by atoms with Gasteiger partial charge in [0.05, 0.1) is 12.6 Å². The van der Waals surface area contributed by atoms with E-state index in [0.29, 0.717) is 38.0 Å². The first kappa shape index (κ1) is 19.9. The summed E-state index contributed by atoms with van der Waals surface area (Å²) in [5.41, 5.74) is 2.57. The van der Waals surface area contributed by atoms with Crippen molar-refractivity contribution in [3.05, 3.63) is 71.9 Å². The maximum atomic E-state index is 12.9. The molecular formula is C24H25N3O3. The zero-order valence-corrected chi connectivity index (χ0v) is 17.0. The number of hydrogen-bond donors (Lipinski definition) is 1. The van der Waals surface area contributed by atoms with E-state index in [9.17, 15) is 9.59 Å². The van der Waals surface area contributed by atoms with Gasteiger partial charge in [0.2, 0.25) is 5.91 Å². The second kappa shape index (κ2) is 8.95. The van der Waals surface area contributed by atoms with E-state index >= 15 is 0 Å². The summed E-state index contributed by atoms with van der Waals surface area (Å²) in [4.78, 5) is 31.6. The van der Waals surface area contributed by atoms with E-state index in [1.807, 2.05) is 59.5 Å². The largest absolute Gasteiger partial charge is 0.497 e. The molecule has 1 aliphatic rings. The lowest BCUT2D eigenvalue weighted by Gasteiger charge is -2.31. The lowest BCUT2D eigenvalue weighted by Crippen LogP contribution is -2.42. The van der Waals surface area contributed by atoms with Gasteiger partial charge in [-0.1, -0.05) is 18.2 Å². The Hall–Kier alpha value is -3.41. The van der Waals surface area contributed by atoms with E-state index in [1.165, 1.54) is 0 Å². The molecule has 1 aliphatic heterocycles. The molecule has 30 heavy (non-hydrogen) atoms. The minimum atomic E-state index is -0.0619. The average molecular weight is 403 g/mol. The van der Waals surface area contributed by atoms with Gasteiger partial charge in [0.15, 0.2) is 0 Å². The van der Waals surface area contributed by atoms with E-state index in [4.69, 9.17) is 4.74 Å². The molecule has 0 atom stereocenters. The van der Waals surface area contributed by atoms with Gasteiger partial charge in [-0.15, -0.1) is 0 Å². The molecule has 4 rings (SSSR count). The van der Waals surface area contributed by atoms with Crippen molar-refractivity contribution in [1.29, 1.82) is 0 Å². The van der Waals surface area contributed by atoms with Gasteiger partial charge in [-0.2, -0.15) is 0 Å². The Kier molecular flexibility index (Phi) is 5.93. The van der Waals surface area contributed by atoms with Gasteiger partial charge >= 0.3 is 0 Å². The molecule has 154 valence electrons. The van der Waals surface area contributed by atoms with Gasteiger partial charge in [-0.25, -0.2) is 0 Å². The molecule has 2 heterocycles. The van der Waals surface area contributed by atoms with E-state index in [2.05, 4.69) is 10.3 Å². The van der Waals surface area contributed by atoms with E-state index in [1.54, 1.807) is 13.3 Å². The normalized spacial score (nSPS) is 14.5. The van der Waals surface area contributed by atoms with Gasteiger partial charge in [-0.3, -0.25) is 14.6 Å². The molecule has 6 nitrogen and oxygen atoms in total. The summed E-state index contributed by atoms with van der Waals surface area (Å²) in [5.74, 6) is 0.797. The highest BCUT2D eigenvalue weighted by Crippen LogP contribution is 2.21. The molecular weight excluding hydrogens is 378 g/mol. The number of nitrogens with zero attached hydrogens (tertiary/aromatic N) is 2. The van der Waals surface area contributed by atoms with Crippen molar-refractivity contribution in [2.24, 2.45) is 5.92 Å². The molecule has 0 unspecified atom stereocenters. The van der Waals surface area contributed by atoms with Gasteiger partial charge in [0.25, 0.3) is 5.91 Å². The molecule has 3 aromatic rings. The number of carbonyl (C=O) groups is 2. The van der Waals surface area contributed by atoms with Crippen LogP contribution in [0.4, 0.5) is 0 Å². The zero-order valence-electron chi connectivity index (χ0n) is 17.0. The molecule has 0 bridgehead atoms. The summed E-state index contributed by atoms with van der Waals surface area (Å²) in [5, 5.41) is 3.97. The number of likely N-dealkylation sites (tertiary alicyclic amines) is 1. The van der Waals surface area contributed by atoms with Crippen LogP contribution in [0.2, 0.25) is 0 Å². The topological polar surface area (TPSA) is 71.5 Å². The number of hydrogen-bond acceptors (Lipinski definition) is 4. The van der Waals surface area contributed by atoms with Gasteiger partial charge < -0.3 is 15.0 Å². The van der Waals surface area contributed by atoms with Crippen molar-refractivity contribution >= 4 is 22.7 Å². The maximum absolute atomic E-state index is 12.9. The highest BCUT2D eigenvalue weighted by atomic mass is 16.5.